The molecule has 60 valence electrons. The zero-order valence-electron chi connectivity index (χ0n) is 6.52. The molecule has 11 heavy (non-hydrogen) atoms. The van der Waals surface area contributed by atoms with E-state index in [0.717, 1.165) is 5.56 Å². The number of benzene rings is 1. The molecule has 0 heterocycles. The zero-order chi connectivity index (χ0) is 8.43. The summed E-state index contributed by atoms with van der Waals surface area (Å²) in [5.74, 6) is -0.236. The van der Waals surface area contributed by atoms with Gasteiger partial charge in [0.25, 0.3) is 0 Å². The van der Waals surface area contributed by atoms with Gasteiger partial charge in [-0.05, 0) is 24.8 Å². The topological polar surface area (TPSA) is 26.0 Å². The van der Waals surface area contributed by atoms with Gasteiger partial charge in [-0.25, -0.2) is 4.39 Å². The first-order valence-electron chi connectivity index (χ1n) is 3.25. The summed E-state index contributed by atoms with van der Waals surface area (Å²) in [5, 5.41) is 0. The lowest BCUT2D eigenvalue weighted by Crippen LogP contribution is -1.94. The SMILES string of the molecule is CSc1c(F)ccc(C)c1N. The summed E-state index contributed by atoms with van der Waals surface area (Å²) in [7, 11) is 0. The number of rotatable bonds is 1. The van der Waals surface area contributed by atoms with Crippen molar-refractivity contribution in [1.82, 2.24) is 0 Å². The second-order valence-electron chi connectivity index (χ2n) is 2.31. The highest BCUT2D eigenvalue weighted by molar-refractivity contribution is 7.98. The normalized spacial score (nSPS) is 10.1. The predicted octanol–water partition coefficient (Wildman–Crippen LogP) is 2.44. The summed E-state index contributed by atoms with van der Waals surface area (Å²) in [6.07, 6.45) is 1.81. The predicted molar refractivity (Wildman–Crippen MR) is 47.3 cm³/mol. The average Bonchev–Trinajstić information content (AvgIpc) is 1.99. The Hall–Kier alpha value is -0.700. The molecular weight excluding hydrogens is 161 g/mol. The van der Waals surface area contributed by atoms with E-state index in [4.69, 9.17) is 5.73 Å². The fraction of sp³-hybridized carbons (Fsp3) is 0.250. The molecule has 0 aromatic heterocycles. The van der Waals surface area contributed by atoms with Gasteiger partial charge in [-0.1, -0.05) is 6.07 Å². The number of hydrogen-bond donors (Lipinski definition) is 1. The molecule has 0 aliphatic rings. The number of hydrogen-bond acceptors (Lipinski definition) is 2. The molecule has 1 nitrogen and oxygen atoms in total. The van der Waals surface area contributed by atoms with Crippen LogP contribution >= 0.6 is 11.8 Å². The maximum absolute atomic E-state index is 12.9. The summed E-state index contributed by atoms with van der Waals surface area (Å²) in [4.78, 5) is 0.546. The van der Waals surface area contributed by atoms with Crippen molar-refractivity contribution >= 4 is 17.4 Å². The summed E-state index contributed by atoms with van der Waals surface area (Å²) < 4.78 is 12.9. The summed E-state index contributed by atoms with van der Waals surface area (Å²) >= 11 is 1.34. The Bertz CT molecular complexity index is 273. The molecule has 0 unspecified atom stereocenters. The van der Waals surface area contributed by atoms with Crippen LogP contribution in [0.5, 0.6) is 0 Å². The van der Waals surface area contributed by atoms with Crippen molar-refractivity contribution < 1.29 is 4.39 Å². The third kappa shape index (κ3) is 1.48. The van der Waals surface area contributed by atoms with Crippen molar-refractivity contribution in [2.75, 3.05) is 12.0 Å². The van der Waals surface area contributed by atoms with E-state index in [0.29, 0.717) is 10.6 Å². The van der Waals surface area contributed by atoms with Crippen molar-refractivity contribution in [2.24, 2.45) is 0 Å². The Labute approximate surface area is 69.8 Å². The first kappa shape index (κ1) is 8.40. The first-order valence-corrected chi connectivity index (χ1v) is 4.48. The molecule has 0 atom stereocenters. The molecule has 1 aromatic rings. The van der Waals surface area contributed by atoms with E-state index in [1.165, 1.54) is 17.8 Å². The lowest BCUT2D eigenvalue weighted by Gasteiger charge is -2.05. The van der Waals surface area contributed by atoms with Gasteiger partial charge < -0.3 is 5.73 Å². The monoisotopic (exact) mass is 171 g/mol. The lowest BCUT2D eigenvalue weighted by atomic mass is 10.2. The molecule has 0 bridgehead atoms. The van der Waals surface area contributed by atoms with Crippen LogP contribution in [0.3, 0.4) is 0 Å². The van der Waals surface area contributed by atoms with E-state index >= 15 is 0 Å². The highest BCUT2D eigenvalue weighted by atomic mass is 32.2. The summed E-state index contributed by atoms with van der Waals surface area (Å²) in [6.45, 7) is 1.87. The fourth-order valence-corrected chi connectivity index (χ4v) is 1.52. The smallest absolute Gasteiger partial charge is 0.138 e. The zero-order valence-corrected chi connectivity index (χ0v) is 7.33. The third-order valence-corrected chi connectivity index (χ3v) is 2.39. The number of halogens is 1. The number of nitrogen functional groups attached to an aromatic ring is 1. The van der Waals surface area contributed by atoms with Crippen molar-refractivity contribution in [3.8, 4) is 0 Å². The molecule has 0 aliphatic heterocycles. The third-order valence-electron chi connectivity index (χ3n) is 1.57. The quantitative estimate of drug-likeness (QED) is 0.518. The van der Waals surface area contributed by atoms with E-state index < -0.39 is 0 Å². The molecule has 0 amide bonds. The summed E-state index contributed by atoms with van der Waals surface area (Å²) in [6, 6.07) is 3.13. The van der Waals surface area contributed by atoms with Crippen LogP contribution in [0.2, 0.25) is 0 Å². The Morgan fingerprint density at radius 1 is 1.45 bits per heavy atom. The van der Waals surface area contributed by atoms with Gasteiger partial charge in [0, 0.05) is 0 Å². The minimum Gasteiger partial charge on any atom is -0.398 e. The highest BCUT2D eigenvalue weighted by Crippen LogP contribution is 2.28. The van der Waals surface area contributed by atoms with Gasteiger partial charge in [-0.15, -0.1) is 11.8 Å². The van der Waals surface area contributed by atoms with Gasteiger partial charge in [-0.3, -0.25) is 0 Å². The maximum atomic E-state index is 12.9. The maximum Gasteiger partial charge on any atom is 0.138 e. The molecule has 1 rings (SSSR count). The van der Waals surface area contributed by atoms with Crippen LogP contribution in [0.25, 0.3) is 0 Å². The lowest BCUT2D eigenvalue weighted by molar-refractivity contribution is 0.603. The molecule has 0 aliphatic carbocycles. The van der Waals surface area contributed by atoms with E-state index in [1.54, 1.807) is 6.07 Å². The number of anilines is 1. The molecule has 0 radical (unpaired) electrons. The van der Waals surface area contributed by atoms with Crippen LogP contribution in [-0.2, 0) is 0 Å². The minimum absolute atomic E-state index is 0.236. The Morgan fingerprint density at radius 2 is 2.09 bits per heavy atom. The number of nitrogens with two attached hydrogens (primary N) is 1. The van der Waals surface area contributed by atoms with Crippen LogP contribution in [-0.4, -0.2) is 6.26 Å². The molecule has 2 N–H and O–H groups in total. The van der Waals surface area contributed by atoms with Gasteiger partial charge in [0.05, 0.1) is 10.6 Å². The van der Waals surface area contributed by atoms with Gasteiger partial charge in [0.15, 0.2) is 0 Å². The molecule has 0 spiro atoms. The first-order chi connectivity index (χ1) is 5.16. The van der Waals surface area contributed by atoms with Gasteiger partial charge in [0.2, 0.25) is 0 Å². The van der Waals surface area contributed by atoms with Gasteiger partial charge in [-0.2, -0.15) is 0 Å². The van der Waals surface area contributed by atoms with E-state index in [-0.39, 0.29) is 5.82 Å². The standard InChI is InChI=1S/C8H10FNS/c1-5-3-4-6(9)8(11-2)7(5)10/h3-4H,10H2,1-2H3. The molecular formula is C8H10FNS. The molecule has 0 saturated carbocycles. The minimum atomic E-state index is -0.236. The van der Waals surface area contributed by atoms with Gasteiger partial charge in [0.1, 0.15) is 5.82 Å². The van der Waals surface area contributed by atoms with Crippen LogP contribution in [0, 0.1) is 12.7 Å². The summed E-state index contributed by atoms with van der Waals surface area (Å²) in [5.41, 5.74) is 7.11. The van der Waals surface area contributed by atoms with Crippen LogP contribution in [0.4, 0.5) is 10.1 Å². The van der Waals surface area contributed by atoms with Crippen molar-refractivity contribution in [3.05, 3.63) is 23.5 Å². The van der Waals surface area contributed by atoms with E-state index in [9.17, 15) is 4.39 Å². The Morgan fingerprint density at radius 3 is 2.55 bits per heavy atom. The Balaban J connectivity index is 3.29. The highest BCUT2D eigenvalue weighted by Gasteiger charge is 2.06. The van der Waals surface area contributed by atoms with E-state index in [2.05, 4.69) is 0 Å². The molecule has 0 saturated heterocycles. The number of thioether (sulfide) groups is 1. The Kier molecular flexibility index (Phi) is 2.39. The fourth-order valence-electron chi connectivity index (χ4n) is 0.879. The van der Waals surface area contributed by atoms with Crippen molar-refractivity contribution in [3.63, 3.8) is 0 Å². The van der Waals surface area contributed by atoms with Crippen LogP contribution in [0.15, 0.2) is 17.0 Å². The van der Waals surface area contributed by atoms with E-state index in [1.807, 2.05) is 13.2 Å². The van der Waals surface area contributed by atoms with Crippen molar-refractivity contribution in [2.45, 2.75) is 11.8 Å². The largest absolute Gasteiger partial charge is 0.398 e. The van der Waals surface area contributed by atoms with Crippen LogP contribution in [0.1, 0.15) is 5.56 Å². The molecule has 3 heteroatoms. The van der Waals surface area contributed by atoms with Gasteiger partial charge >= 0.3 is 0 Å². The molecule has 0 fully saturated rings. The van der Waals surface area contributed by atoms with Crippen LogP contribution < -0.4 is 5.73 Å². The second-order valence-corrected chi connectivity index (χ2v) is 3.13. The van der Waals surface area contributed by atoms with Crippen molar-refractivity contribution in [1.29, 1.82) is 0 Å². The average molecular weight is 171 g/mol. The second kappa shape index (κ2) is 3.13. The molecule has 1 aromatic carbocycles. The number of aryl methyl sites for hydroxylation is 1.